The maximum Gasteiger partial charge on any atom is 0.100 e. The van der Waals surface area contributed by atoms with Gasteiger partial charge in [0.05, 0.1) is 0 Å². The maximum absolute atomic E-state index is 10.3. The lowest BCUT2D eigenvalue weighted by atomic mass is 9.97. The van der Waals surface area contributed by atoms with Crippen LogP contribution in [0.15, 0.2) is 11.4 Å². The van der Waals surface area contributed by atoms with Crippen molar-refractivity contribution < 1.29 is 5.11 Å². The minimum Gasteiger partial charge on any atom is -0.384 e. The van der Waals surface area contributed by atoms with E-state index >= 15 is 0 Å². The van der Waals surface area contributed by atoms with Crippen molar-refractivity contribution in [3.63, 3.8) is 0 Å². The average molecular weight is 227 g/mol. The largest absolute Gasteiger partial charge is 0.384 e. The second-order valence-corrected chi connectivity index (χ2v) is 6.44. The molecule has 0 radical (unpaired) electrons. The molecule has 0 spiro atoms. The molecule has 0 saturated carbocycles. The standard InChI is InChI=1S/C12H21NOS/c1-9-6-10(7-15-9)12(5,14)8-13-11(2,3)4/h6-7,13-14H,8H2,1-5H3. The van der Waals surface area contributed by atoms with Crippen molar-refractivity contribution in [2.45, 2.75) is 45.8 Å². The van der Waals surface area contributed by atoms with Gasteiger partial charge in [-0.05, 0) is 51.6 Å². The normalized spacial score (nSPS) is 16.4. The number of β-amino-alcohol motifs (C(OH)–C–C–N with tert-alkyl or cyclic N) is 1. The molecule has 3 heteroatoms. The van der Waals surface area contributed by atoms with Gasteiger partial charge in [0.25, 0.3) is 0 Å². The lowest BCUT2D eigenvalue weighted by Gasteiger charge is -2.29. The van der Waals surface area contributed by atoms with Crippen LogP contribution in [-0.4, -0.2) is 17.2 Å². The van der Waals surface area contributed by atoms with E-state index in [1.165, 1.54) is 4.88 Å². The Bertz CT molecular complexity index is 323. The van der Waals surface area contributed by atoms with Gasteiger partial charge in [-0.3, -0.25) is 0 Å². The van der Waals surface area contributed by atoms with E-state index < -0.39 is 5.60 Å². The Kier molecular flexibility index (Phi) is 3.59. The molecular weight excluding hydrogens is 206 g/mol. The zero-order valence-electron chi connectivity index (χ0n) is 10.2. The predicted octanol–water partition coefficient (Wildman–Crippen LogP) is 2.65. The summed E-state index contributed by atoms with van der Waals surface area (Å²) < 4.78 is 0. The van der Waals surface area contributed by atoms with E-state index in [1.807, 2.05) is 12.3 Å². The number of rotatable bonds is 3. The molecule has 0 aliphatic carbocycles. The molecule has 2 N–H and O–H groups in total. The fourth-order valence-corrected chi connectivity index (χ4v) is 2.10. The molecule has 1 unspecified atom stereocenters. The van der Waals surface area contributed by atoms with Crippen molar-refractivity contribution >= 4 is 11.3 Å². The Hall–Kier alpha value is -0.380. The summed E-state index contributed by atoms with van der Waals surface area (Å²) in [6.45, 7) is 10.8. The first-order valence-electron chi connectivity index (χ1n) is 5.24. The van der Waals surface area contributed by atoms with E-state index in [0.29, 0.717) is 6.54 Å². The van der Waals surface area contributed by atoms with Crippen LogP contribution in [0, 0.1) is 6.92 Å². The third-order valence-electron chi connectivity index (χ3n) is 2.32. The van der Waals surface area contributed by atoms with E-state index in [2.05, 4.69) is 39.1 Å². The van der Waals surface area contributed by atoms with Gasteiger partial charge < -0.3 is 10.4 Å². The molecule has 1 atom stereocenters. The SMILES string of the molecule is Cc1cc(C(C)(O)CNC(C)(C)C)cs1. The third kappa shape index (κ3) is 3.93. The van der Waals surface area contributed by atoms with Crippen LogP contribution in [-0.2, 0) is 5.60 Å². The van der Waals surface area contributed by atoms with Crippen molar-refractivity contribution in [3.05, 3.63) is 21.9 Å². The highest BCUT2D eigenvalue weighted by Crippen LogP contribution is 2.25. The van der Waals surface area contributed by atoms with Crippen LogP contribution >= 0.6 is 11.3 Å². The molecule has 0 aliphatic heterocycles. The second kappa shape index (κ2) is 4.24. The molecule has 0 aliphatic rings. The summed E-state index contributed by atoms with van der Waals surface area (Å²) in [5.74, 6) is 0. The highest BCUT2D eigenvalue weighted by molar-refractivity contribution is 7.10. The van der Waals surface area contributed by atoms with Crippen molar-refractivity contribution in [1.29, 1.82) is 0 Å². The highest BCUT2D eigenvalue weighted by Gasteiger charge is 2.25. The van der Waals surface area contributed by atoms with Gasteiger partial charge in [-0.15, -0.1) is 11.3 Å². The van der Waals surface area contributed by atoms with Crippen molar-refractivity contribution in [2.75, 3.05) is 6.54 Å². The highest BCUT2D eigenvalue weighted by atomic mass is 32.1. The lowest BCUT2D eigenvalue weighted by Crippen LogP contribution is -2.44. The number of hydrogen-bond donors (Lipinski definition) is 2. The van der Waals surface area contributed by atoms with Crippen LogP contribution < -0.4 is 5.32 Å². The number of aliphatic hydroxyl groups is 1. The van der Waals surface area contributed by atoms with E-state index in [4.69, 9.17) is 0 Å². The molecule has 1 aromatic rings. The first-order chi connectivity index (χ1) is 6.71. The maximum atomic E-state index is 10.3. The minimum atomic E-state index is -0.780. The molecule has 0 saturated heterocycles. The average Bonchev–Trinajstić information content (AvgIpc) is 2.48. The lowest BCUT2D eigenvalue weighted by molar-refractivity contribution is 0.0506. The molecular formula is C12H21NOS. The Morgan fingerprint density at radius 3 is 2.33 bits per heavy atom. The molecule has 0 amide bonds. The molecule has 0 aromatic carbocycles. The van der Waals surface area contributed by atoms with E-state index in [9.17, 15) is 5.11 Å². The molecule has 1 heterocycles. The number of hydrogen-bond acceptors (Lipinski definition) is 3. The Morgan fingerprint density at radius 1 is 1.33 bits per heavy atom. The van der Waals surface area contributed by atoms with Crippen molar-refractivity contribution in [1.82, 2.24) is 5.32 Å². The number of thiophene rings is 1. The van der Waals surface area contributed by atoms with Gasteiger partial charge in [0, 0.05) is 17.0 Å². The second-order valence-electron chi connectivity index (χ2n) is 5.32. The summed E-state index contributed by atoms with van der Waals surface area (Å²) in [5.41, 5.74) is 0.259. The van der Waals surface area contributed by atoms with Crippen LogP contribution in [0.4, 0.5) is 0 Å². The first kappa shape index (κ1) is 12.7. The quantitative estimate of drug-likeness (QED) is 0.832. The third-order valence-corrected chi connectivity index (χ3v) is 3.18. The summed E-state index contributed by atoms with van der Waals surface area (Å²) in [6.07, 6.45) is 0. The van der Waals surface area contributed by atoms with Crippen LogP contribution in [0.3, 0.4) is 0 Å². The first-order valence-corrected chi connectivity index (χ1v) is 6.12. The fourth-order valence-electron chi connectivity index (χ4n) is 1.27. The summed E-state index contributed by atoms with van der Waals surface area (Å²) in [5, 5.41) is 15.7. The van der Waals surface area contributed by atoms with Gasteiger partial charge in [0.1, 0.15) is 5.60 Å². The molecule has 86 valence electrons. The van der Waals surface area contributed by atoms with Crippen LogP contribution in [0.5, 0.6) is 0 Å². The van der Waals surface area contributed by atoms with Gasteiger partial charge in [0.15, 0.2) is 0 Å². The van der Waals surface area contributed by atoms with Crippen molar-refractivity contribution in [3.8, 4) is 0 Å². The summed E-state index contributed by atoms with van der Waals surface area (Å²) in [7, 11) is 0. The fraction of sp³-hybridized carbons (Fsp3) is 0.667. The molecule has 1 aromatic heterocycles. The number of aryl methyl sites for hydroxylation is 1. The zero-order valence-corrected chi connectivity index (χ0v) is 11.0. The van der Waals surface area contributed by atoms with Gasteiger partial charge in [-0.2, -0.15) is 0 Å². The summed E-state index contributed by atoms with van der Waals surface area (Å²) in [4.78, 5) is 1.24. The monoisotopic (exact) mass is 227 g/mol. The molecule has 15 heavy (non-hydrogen) atoms. The van der Waals surface area contributed by atoms with Gasteiger partial charge in [0.2, 0.25) is 0 Å². The Morgan fingerprint density at radius 2 is 1.93 bits per heavy atom. The van der Waals surface area contributed by atoms with E-state index in [1.54, 1.807) is 11.3 Å². The number of nitrogens with one attached hydrogen (secondary N) is 1. The van der Waals surface area contributed by atoms with Crippen molar-refractivity contribution in [2.24, 2.45) is 0 Å². The zero-order chi connectivity index (χ0) is 11.7. The smallest absolute Gasteiger partial charge is 0.100 e. The summed E-state index contributed by atoms with van der Waals surface area (Å²) in [6, 6.07) is 2.05. The molecule has 0 bridgehead atoms. The molecule has 1 rings (SSSR count). The van der Waals surface area contributed by atoms with Crippen LogP contribution in [0.2, 0.25) is 0 Å². The Balaban J connectivity index is 2.67. The topological polar surface area (TPSA) is 32.3 Å². The van der Waals surface area contributed by atoms with Gasteiger partial charge in [-0.1, -0.05) is 0 Å². The minimum absolute atomic E-state index is 0.0368. The predicted molar refractivity (Wildman–Crippen MR) is 66.4 cm³/mol. The Labute approximate surface area is 96.3 Å². The van der Waals surface area contributed by atoms with Crippen LogP contribution in [0.25, 0.3) is 0 Å². The van der Waals surface area contributed by atoms with Gasteiger partial charge in [-0.25, -0.2) is 0 Å². The van der Waals surface area contributed by atoms with Gasteiger partial charge >= 0.3 is 0 Å². The van der Waals surface area contributed by atoms with E-state index in [0.717, 1.165) is 5.56 Å². The molecule has 0 fully saturated rings. The summed E-state index contributed by atoms with van der Waals surface area (Å²) >= 11 is 1.68. The van der Waals surface area contributed by atoms with E-state index in [-0.39, 0.29) is 5.54 Å². The van der Waals surface area contributed by atoms with Crippen LogP contribution in [0.1, 0.15) is 38.1 Å². The molecule has 2 nitrogen and oxygen atoms in total.